The standard InChI is InChI=1S/C26H28N4O4S/c1-3-4-13-27-35(32,33)24-10-6-8-21(15-24)29-26(31)20-7-5-9-23(14-20)34-18-22-17-30-16-19(2)11-12-25(30)28-22/h5-12,14-17,27H,3-4,13,18H2,1-2H3,(H,29,31). The average molecular weight is 493 g/mol. The molecule has 35 heavy (non-hydrogen) atoms. The van der Waals surface area contributed by atoms with Crippen LogP contribution in [0.4, 0.5) is 5.69 Å². The maximum atomic E-state index is 12.8. The van der Waals surface area contributed by atoms with Crippen molar-refractivity contribution in [3.63, 3.8) is 0 Å². The molecule has 0 saturated carbocycles. The normalized spacial score (nSPS) is 11.5. The van der Waals surface area contributed by atoms with Crippen LogP contribution >= 0.6 is 0 Å². The van der Waals surface area contributed by atoms with E-state index in [-0.39, 0.29) is 17.4 Å². The van der Waals surface area contributed by atoms with E-state index < -0.39 is 10.0 Å². The van der Waals surface area contributed by atoms with E-state index in [2.05, 4.69) is 15.0 Å². The fourth-order valence-corrected chi connectivity index (χ4v) is 4.64. The molecule has 0 aliphatic carbocycles. The number of rotatable bonds is 10. The van der Waals surface area contributed by atoms with Gasteiger partial charge in [-0.2, -0.15) is 0 Å². The molecule has 0 aliphatic heterocycles. The van der Waals surface area contributed by atoms with E-state index >= 15 is 0 Å². The van der Waals surface area contributed by atoms with Gasteiger partial charge in [-0.1, -0.05) is 31.5 Å². The number of hydrogen-bond donors (Lipinski definition) is 2. The molecule has 0 bridgehead atoms. The molecule has 8 nitrogen and oxygen atoms in total. The van der Waals surface area contributed by atoms with Crippen LogP contribution in [0.3, 0.4) is 0 Å². The maximum absolute atomic E-state index is 12.8. The quantitative estimate of drug-likeness (QED) is 0.316. The molecular formula is C26H28N4O4S. The van der Waals surface area contributed by atoms with Gasteiger partial charge in [0.05, 0.1) is 10.6 Å². The number of nitrogens with zero attached hydrogens (tertiary/aromatic N) is 2. The number of unbranched alkanes of at least 4 members (excludes halogenated alkanes) is 1. The molecular weight excluding hydrogens is 464 g/mol. The molecule has 2 aromatic carbocycles. The molecule has 182 valence electrons. The summed E-state index contributed by atoms with van der Waals surface area (Å²) in [5.41, 5.74) is 3.53. The number of fused-ring (bicyclic) bond motifs is 1. The second-order valence-electron chi connectivity index (χ2n) is 8.25. The number of benzene rings is 2. The highest BCUT2D eigenvalue weighted by Crippen LogP contribution is 2.19. The number of hydrogen-bond acceptors (Lipinski definition) is 5. The minimum absolute atomic E-state index is 0.103. The lowest BCUT2D eigenvalue weighted by Gasteiger charge is -2.10. The van der Waals surface area contributed by atoms with Crippen LogP contribution in [-0.2, 0) is 16.6 Å². The molecule has 1 amide bonds. The number of aromatic nitrogens is 2. The molecule has 4 aromatic rings. The summed E-state index contributed by atoms with van der Waals surface area (Å²) in [5, 5.41) is 2.76. The van der Waals surface area contributed by atoms with Gasteiger partial charge in [-0.15, -0.1) is 0 Å². The molecule has 0 aliphatic rings. The molecule has 4 rings (SSSR count). The average Bonchev–Trinajstić information content (AvgIpc) is 3.25. The number of carbonyl (C=O) groups excluding carboxylic acids is 1. The molecule has 0 atom stereocenters. The van der Waals surface area contributed by atoms with E-state index in [1.165, 1.54) is 12.1 Å². The molecule has 2 heterocycles. The molecule has 9 heteroatoms. The molecule has 0 radical (unpaired) electrons. The van der Waals surface area contributed by atoms with Crippen molar-refractivity contribution in [1.29, 1.82) is 0 Å². The zero-order chi connectivity index (χ0) is 24.8. The third-order valence-corrected chi connectivity index (χ3v) is 6.82. The number of amides is 1. The van der Waals surface area contributed by atoms with Gasteiger partial charge >= 0.3 is 0 Å². The monoisotopic (exact) mass is 492 g/mol. The van der Waals surface area contributed by atoms with Crippen LogP contribution in [0.5, 0.6) is 5.75 Å². The maximum Gasteiger partial charge on any atom is 0.255 e. The molecule has 0 unspecified atom stereocenters. The lowest BCUT2D eigenvalue weighted by atomic mass is 10.2. The topological polar surface area (TPSA) is 102 Å². The minimum atomic E-state index is -3.64. The molecule has 0 fully saturated rings. The van der Waals surface area contributed by atoms with Crippen LogP contribution in [0.25, 0.3) is 5.65 Å². The van der Waals surface area contributed by atoms with Crippen molar-refractivity contribution >= 4 is 27.3 Å². The number of anilines is 1. The Bertz CT molecular complexity index is 1450. The number of carbonyl (C=O) groups is 1. The first-order valence-electron chi connectivity index (χ1n) is 11.4. The Balaban J connectivity index is 1.41. The fraction of sp³-hybridized carbons (Fsp3) is 0.231. The second kappa shape index (κ2) is 10.7. The molecule has 2 aromatic heterocycles. The zero-order valence-electron chi connectivity index (χ0n) is 19.7. The zero-order valence-corrected chi connectivity index (χ0v) is 20.5. The Labute approximate surface area is 205 Å². The van der Waals surface area contributed by atoms with E-state index in [0.29, 0.717) is 23.5 Å². The highest BCUT2D eigenvalue weighted by molar-refractivity contribution is 7.89. The second-order valence-corrected chi connectivity index (χ2v) is 10.0. The number of pyridine rings is 1. The number of imidazole rings is 1. The summed E-state index contributed by atoms with van der Waals surface area (Å²) in [7, 11) is -3.64. The highest BCUT2D eigenvalue weighted by atomic mass is 32.2. The predicted octanol–water partition coefficient (Wildman–Crippen LogP) is 4.55. The van der Waals surface area contributed by atoms with Crippen molar-refractivity contribution in [3.8, 4) is 5.75 Å². The molecule has 2 N–H and O–H groups in total. The first-order chi connectivity index (χ1) is 16.8. The summed E-state index contributed by atoms with van der Waals surface area (Å²) in [6.07, 6.45) is 5.56. The van der Waals surface area contributed by atoms with Gasteiger partial charge in [-0.25, -0.2) is 18.1 Å². The largest absolute Gasteiger partial charge is 0.487 e. The van der Waals surface area contributed by atoms with Crippen molar-refractivity contribution < 1.29 is 17.9 Å². The Hall–Kier alpha value is -3.69. The molecule has 0 saturated heterocycles. The SMILES string of the molecule is CCCCNS(=O)(=O)c1cccc(NC(=O)c2cccc(OCc3cn4cc(C)ccc4n3)c2)c1. The number of nitrogens with one attached hydrogen (secondary N) is 2. The van der Waals surface area contributed by atoms with E-state index in [1.807, 2.05) is 42.8 Å². The van der Waals surface area contributed by atoms with Gasteiger partial charge in [-0.05, 0) is 61.4 Å². The van der Waals surface area contributed by atoms with Crippen LogP contribution in [0.1, 0.15) is 41.4 Å². The third kappa shape index (κ3) is 6.26. The van der Waals surface area contributed by atoms with Crippen molar-refractivity contribution in [1.82, 2.24) is 14.1 Å². The number of ether oxygens (including phenoxy) is 1. The van der Waals surface area contributed by atoms with E-state index in [1.54, 1.807) is 36.4 Å². The first-order valence-corrected chi connectivity index (χ1v) is 12.9. The van der Waals surface area contributed by atoms with Gasteiger partial charge in [0, 0.05) is 30.2 Å². The highest BCUT2D eigenvalue weighted by Gasteiger charge is 2.15. The van der Waals surface area contributed by atoms with Gasteiger partial charge in [0.25, 0.3) is 5.91 Å². The van der Waals surface area contributed by atoms with Crippen LogP contribution in [-0.4, -0.2) is 30.3 Å². The lowest BCUT2D eigenvalue weighted by Crippen LogP contribution is -2.24. The number of sulfonamides is 1. The van der Waals surface area contributed by atoms with E-state index in [4.69, 9.17) is 4.74 Å². The van der Waals surface area contributed by atoms with Crippen LogP contribution in [0, 0.1) is 6.92 Å². The third-order valence-electron chi connectivity index (χ3n) is 5.36. The Morgan fingerprint density at radius 2 is 1.89 bits per heavy atom. The van der Waals surface area contributed by atoms with Crippen LogP contribution in [0.2, 0.25) is 0 Å². The summed E-state index contributed by atoms with van der Waals surface area (Å²) in [5.74, 6) is 0.162. The molecule has 0 spiro atoms. The Morgan fingerprint density at radius 1 is 1.06 bits per heavy atom. The number of aryl methyl sites for hydroxylation is 1. The fourth-order valence-electron chi connectivity index (χ4n) is 3.52. The predicted molar refractivity (Wildman–Crippen MR) is 135 cm³/mol. The Kier molecular flexibility index (Phi) is 7.48. The lowest BCUT2D eigenvalue weighted by molar-refractivity contribution is 0.102. The van der Waals surface area contributed by atoms with Crippen LogP contribution < -0.4 is 14.8 Å². The summed E-state index contributed by atoms with van der Waals surface area (Å²) in [6.45, 7) is 4.64. The van der Waals surface area contributed by atoms with Crippen molar-refractivity contribution in [2.45, 2.75) is 38.2 Å². The Morgan fingerprint density at radius 3 is 2.71 bits per heavy atom. The first kappa shape index (κ1) is 24.4. The summed E-state index contributed by atoms with van der Waals surface area (Å²) >= 11 is 0. The minimum Gasteiger partial charge on any atom is -0.487 e. The van der Waals surface area contributed by atoms with Gasteiger partial charge in [0.1, 0.15) is 18.0 Å². The van der Waals surface area contributed by atoms with E-state index in [9.17, 15) is 13.2 Å². The van der Waals surface area contributed by atoms with Gasteiger partial charge in [0.2, 0.25) is 10.0 Å². The van der Waals surface area contributed by atoms with Crippen molar-refractivity contribution in [2.24, 2.45) is 0 Å². The van der Waals surface area contributed by atoms with Crippen molar-refractivity contribution in [3.05, 3.63) is 89.9 Å². The summed E-state index contributed by atoms with van der Waals surface area (Å²) in [4.78, 5) is 17.5. The van der Waals surface area contributed by atoms with Crippen LogP contribution in [0.15, 0.2) is 78.0 Å². The van der Waals surface area contributed by atoms with Gasteiger partial charge in [-0.3, -0.25) is 4.79 Å². The van der Waals surface area contributed by atoms with Gasteiger partial charge < -0.3 is 14.5 Å². The van der Waals surface area contributed by atoms with E-state index in [0.717, 1.165) is 29.7 Å². The smallest absolute Gasteiger partial charge is 0.255 e. The van der Waals surface area contributed by atoms with Gasteiger partial charge in [0.15, 0.2) is 0 Å². The van der Waals surface area contributed by atoms with Crippen molar-refractivity contribution in [2.75, 3.05) is 11.9 Å². The summed E-state index contributed by atoms with van der Waals surface area (Å²) < 4.78 is 35.3. The summed E-state index contributed by atoms with van der Waals surface area (Å²) in [6, 6.07) is 17.0.